The molecule has 0 aromatic heterocycles. The molecule has 1 aromatic carbocycles. The van der Waals surface area contributed by atoms with Crippen LogP contribution in [-0.4, -0.2) is 6.54 Å². The largest absolute Gasteiger partial charge is 0.399 e. The Morgan fingerprint density at radius 3 is 2.12 bits per heavy atom. The Morgan fingerprint density at radius 1 is 0.882 bits per heavy atom. The summed E-state index contributed by atoms with van der Waals surface area (Å²) < 4.78 is 0. The van der Waals surface area contributed by atoms with Crippen LogP contribution in [0.4, 0.5) is 11.4 Å². The van der Waals surface area contributed by atoms with Crippen molar-refractivity contribution in [2.45, 2.75) is 51.9 Å². The van der Waals surface area contributed by atoms with Gasteiger partial charge in [-0.05, 0) is 30.7 Å². The summed E-state index contributed by atoms with van der Waals surface area (Å²) in [6, 6.07) is 7.95. The van der Waals surface area contributed by atoms with Gasteiger partial charge in [-0.3, -0.25) is 0 Å². The van der Waals surface area contributed by atoms with Crippen LogP contribution in [0.1, 0.15) is 51.9 Å². The van der Waals surface area contributed by atoms with Gasteiger partial charge in [-0.2, -0.15) is 0 Å². The van der Waals surface area contributed by atoms with Gasteiger partial charge >= 0.3 is 0 Å². The van der Waals surface area contributed by atoms with Crippen molar-refractivity contribution in [3.8, 4) is 0 Å². The van der Waals surface area contributed by atoms with Gasteiger partial charge in [0.25, 0.3) is 0 Å². The second-order valence-electron chi connectivity index (χ2n) is 4.67. The predicted octanol–water partition coefficient (Wildman–Crippen LogP) is 4.43. The maximum absolute atomic E-state index is 5.63. The molecule has 2 heteroatoms. The van der Waals surface area contributed by atoms with Crippen molar-refractivity contribution in [3.05, 3.63) is 24.3 Å². The molecule has 0 saturated heterocycles. The molecule has 0 aliphatic carbocycles. The van der Waals surface area contributed by atoms with Crippen molar-refractivity contribution < 1.29 is 0 Å². The first kappa shape index (κ1) is 13.9. The molecule has 0 bridgehead atoms. The molecule has 96 valence electrons. The molecule has 0 fully saturated rings. The molecule has 0 saturated carbocycles. The second-order valence-corrected chi connectivity index (χ2v) is 4.67. The van der Waals surface area contributed by atoms with Crippen molar-refractivity contribution in [2.24, 2.45) is 0 Å². The van der Waals surface area contributed by atoms with E-state index >= 15 is 0 Å². The van der Waals surface area contributed by atoms with Gasteiger partial charge in [-0.15, -0.1) is 0 Å². The lowest BCUT2D eigenvalue weighted by molar-refractivity contribution is 0.596. The monoisotopic (exact) mass is 234 g/mol. The third-order valence-electron chi connectivity index (χ3n) is 3.02. The van der Waals surface area contributed by atoms with Crippen LogP contribution in [0.25, 0.3) is 0 Å². The fourth-order valence-corrected chi connectivity index (χ4v) is 1.92. The van der Waals surface area contributed by atoms with Crippen molar-refractivity contribution >= 4 is 11.4 Å². The van der Waals surface area contributed by atoms with Gasteiger partial charge in [0.15, 0.2) is 0 Å². The molecule has 1 rings (SSSR count). The summed E-state index contributed by atoms with van der Waals surface area (Å²) in [5, 5.41) is 3.42. The number of nitrogen functional groups attached to an aromatic ring is 1. The number of nitrogens with one attached hydrogen (secondary N) is 1. The first-order valence-corrected chi connectivity index (χ1v) is 6.92. The number of anilines is 2. The third kappa shape index (κ3) is 6.88. The maximum Gasteiger partial charge on any atom is 0.0341 e. The quantitative estimate of drug-likeness (QED) is 0.490. The van der Waals surface area contributed by atoms with E-state index in [1.54, 1.807) is 0 Å². The lowest BCUT2D eigenvalue weighted by Crippen LogP contribution is -2.01. The van der Waals surface area contributed by atoms with Crippen molar-refractivity contribution in [1.82, 2.24) is 0 Å². The molecule has 2 nitrogen and oxygen atoms in total. The fraction of sp³-hybridized carbons (Fsp3) is 0.600. The van der Waals surface area contributed by atoms with Gasteiger partial charge in [0, 0.05) is 17.9 Å². The molecular weight excluding hydrogens is 208 g/mol. The highest BCUT2D eigenvalue weighted by atomic mass is 14.9. The molecule has 0 spiro atoms. The van der Waals surface area contributed by atoms with E-state index < -0.39 is 0 Å². The number of nitrogens with two attached hydrogens (primary N) is 1. The van der Waals surface area contributed by atoms with E-state index in [1.165, 1.54) is 50.6 Å². The van der Waals surface area contributed by atoms with Crippen LogP contribution in [0.5, 0.6) is 0 Å². The molecule has 0 radical (unpaired) electrons. The summed E-state index contributed by atoms with van der Waals surface area (Å²) in [4.78, 5) is 0. The second kappa shape index (κ2) is 8.91. The lowest BCUT2D eigenvalue weighted by Gasteiger charge is -2.06. The molecule has 0 heterocycles. The number of unbranched alkanes of at least 4 members (excludes halogenated alkanes) is 6. The predicted molar refractivity (Wildman–Crippen MR) is 77.3 cm³/mol. The first-order valence-electron chi connectivity index (χ1n) is 6.92. The minimum atomic E-state index is 0.825. The Bertz CT molecular complexity index is 279. The Hall–Kier alpha value is -1.18. The van der Waals surface area contributed by atoms with Gasteiger partial charge in [0.2, 0.25) is 0 Å². The fourth-order valence-electron chi connectivity index (χ4n) is 1.92. The molecule has 3 N–H and O–H groups in total. The summed E-state index contributed by atoms with van der Waals surface area (Å²) in [5.74, 6) is 0. The van der Waals surface area contributed by atoms with E-state index in [9.17, 15) is 0 Å². The summed E-state index contributed by atoms with van der Waals surface area (Å²) >= 11 is 0. The first-order chi connectivity index (χ1) is 8.33. The van der Waals surface area contributed by atoms with Crippen LogP contribution in [0.2, 0.25) is 0 Å². The minimum absolute atomic E-state index is 0.825. The SMILES string of the molecule is CCCCCCCCCNc1ccc(N)cc1. The molecule has 0 aliphatic heterocycles. The average Bonchev–Trinajstić information content (AvgIpc) is 2.35. The van der Waals surface area contributed by atoms with Crippen LogP contribution in [0.15, 0.2) is 24.3 Å². The summed E-state index contributed by atoms with van der Waals surface area (Å²) in [7, 11) is 0. The summed E-state index contributed by atoms with van der Waals surface area (Å²) in [6.45, 7) is 3.33. The van der Waals surface area contributed by atoms with E-state index in [0.29, 0.717) is 0 Å². The Labute approximate surface area is 106 Å². The normalized spacial score (nSPS) is 10.4. The van der Waals surface area contributed by atoms with Gasteiger partial charge in [0.05, 0.1) is 0 Å². The van der Waals surface area contributed by atoms with Crippen molar-refractivity contribution in [3.63, 3.8) is 0 Å². The average molecular weight is 234 g/mol. The van der Waals surface area contributed by atoms with Gasteiger partial charge in [-0.25, -0.2) is 0 Å². The zero-order chi connectivity index (χ0) is 12.3. The number of hydrogen-bond acceptors (Lipinski definition) is 2. The zero-order valence-electron chi connectivity index (χ0n) is 11.0. The number of benzene rings is 1. The molecule has 1 aromatic rings. The van der Waals surface area contributed by atoms with Crippen LogP contribution >= 0.6 is 0 Å². The van der Waals surface area contributed by atoms with E-state index in [-0.39, 0.29) is 0 Å². The maximum atomic E-state index is 5.63. The Kier molecular flexibility index (Phi) is 7.28. The summed E-state index contributed by atoms with van der Waals surface area (Å²) in [6.07, 6.45) is 9.51. The van der Waals surface area contributed by atoms with Crippen molar-refractivity contribution in [1.29, 1.82) is 0 Å². The highest BCUT2D eigenvalue weighted by Crippen LogP contribution is 2.11. The standard InChI is InChI=1S/C15H26N2/c1-2-3-4-5-6-7-8-13-17-15-11-9-14(16)10-12-15/h9-12,17H,2-8,13,16H2,1H3. The van der Waals surface area contributed by atoms with Crippen LogP contribution in [0.3, 0.4) is 0 Å². The highest BCUT2D eigenvalue weighted by Gasteiger charge is 1.93. The van der Waals surface area contributed by atoms with E-state index in [2.05, 4.69) is 12.2 Å². The topological polar surface area (TPSA) is 38.0 Å². The molecule has 0 aliphatic rings. The molecule has 0 atom stereocenters. The van der Waals surface area contributed by atoms with Gasteiger partial charge in [0.1, 0.15) is 0 Å². The van der Waals surface area contributed by atoms with Crippen LogP contribution in [-0.2, 0) is 0 Å². The van der Waals surface area contributed by atoms with Crippen molar-refractivity contribution in [2.75, 3.05) is 17.6 Å². The number of hydrogen-bond donors (Lipinski definition) is 2. The van der Waals surface area contributed by atoms with E-state index in [4.69, 9.17) is 5.73 Å². The highest BCUT2D eigenvalue weighted by molar-refractivity contribution is 5.50. The lowest BCUT2D eigenvalue weighted by atomic mass is 10.1. The smallest absolute Gasteiger partial charge is 0.0341 e. The Balaban J connectivity index is 1.95. The summed E-state index contributed by atoms with van der Waals surface area (Å²) in [5.41, 5.74) is 7.63. The Morgan fingerprint density at radius 2 is 1.47 bits per heavy atom. The molecule has 17 heavy (non-hydrogen) atoms. The molecule has 0 amide bonds. The number of rotatable bonds is 9. The van der Waals surface area contributed by atoms with Gasteiger partial charge in [-0.1, -0.05) is 45.4 Å². The van der Waals surface area contributed by atoms with Crippen LogP contribution < -0.4 is 11.1 Å². The third-order valence-corrected chi connectivity index (χ3v) is 3.02. The van der Waals surface area contributed by atoms with E-state index in [1.807, 2.05) is 24.3 Å². The van der Waals surface area contributed by atoms with Gasteiger partial charge < -0.3 is 11.1 Å². The zero-order valence-corrected chi connectivity index (χ0v) is 11.0. The molecule has 0 unspecified atom stereocenters. The van der Waals surface area contributed by atoms with Crippen LogP contribution in [0, 0.1) is 0 Å². The molecular formula is C15H26N2. The minimum Gasteiger partial charge on any atom is -0.399 e. The van der Waals surface area contributed by atoms with E-state index in [0.717, 1.165) is 12.2 Å².